The van der Waals surface area contributed by atoms with Crippen LogP contribution in [-0.4, -0.2) is 41.7 Å². The summed E-state index contributed by atoms with van der Waals surface area (Å²) in [5.74, 6) is -0.776. The number of carboxylic acids is 1. The lowest BCUT2D eigenvalue weighted by Crippen LogP contribution is -2.23. The summed E-state index contributed by atoms with van der Waals surface area (Å²) in [5.41, 5.74) is 0.401. The van der Waals surface area contributed by atoms with E-state index in [0.717, 1.165) is 0 Å². The lowest BCUT2D eigenvalue weighted by atomic mass is 9.99. The number of aromatic nitrogens is 1. The van der Waals surface area contributed by atoms with E-state index in [1.165, 1.54) is 6.20 Å². The van der Waals surface area contributed by atoms with Gasteiger partial charge in [-0.2, -0.15) is 0 Å². The summed E-state index contributed by atoms with van der Waals surface area (Å²) in [6, 6.07) is 3.38. The minimum absolute atomic E-state index is 0.0824. The van der Waals surface area contributed by atoms with Crippen LogP contribution in [-0.2, 0) is 9.53 Å². The molecule has 0 aliphatic carbocycles. The molecule has 1 aliphatic heterocycles. The molecule has 1 aromatic rings. The highest BCUT2D eigenvalue weighted by atomic mass is 16.5. The normalized spacial score (nSPS) is 21.8. The highest BCUT2D eigenvalue weighted by Crippen LogP contribution is 2.27. The Balaban J connectivity index is 2.08. The molecule has 1 aliphatic rings. The van der Waals surface area contributed by atoms with Crippen LogP contribution in [0.15, 0.2) is 18.3 Å². The molecule has 1 N–H and O–H groups in total. The maximum atomic E-state index is 11.5. The number of carbonyl (C=O) groups excluding carboxylic acids is 1. The first kappa shape index (κ1) is 14.3. The van der Waals surface area contributed by atoms with Crippen LogP contribution in [0.4, 0.5) is 5.82 Å². The Hall–Kier alpha value is -2.11. The lowest BCUT2D eigenvalue weighted by molar-refractivity contribution is -0.142. The summed E-state index contributed by atoms with van der Waals surface area (Å²) in [5, 5.41) is 9.12. The van der Waals surface area contributed by atoms with E-state index in [4.69, 9.17) is 9.84 Å². The van der Waals surface area contributed by atoms with Gasteiger partial charge in [-0.25, -0.2) is 9.78 Å². The summed E-state index contributed by atoms with van der Waals surface area (Å²) in [4.78, 5) is 28.8. The van der Waals surface area contributed by atoms with Crippen molar-refractivity contribution < 1.29 is 19.4 Å². The molecule has 1 fully saturated rings. The Morgan fingerprint density at radius 3 is 2.70 bits per heavy atom. The van der Waals surface area contributed by atoms with E-state index >= 15 is 0 Å². The summed E-state index contributed by atoms with van der Waals surface area (Å²) in [7, 11) is 0. The zero-order chi connectivity index (χ0) is 14.7. The molecule has 2 heterocycles. The van der Waals surface area contributed by atoms with Gasteiger partial charge in [0.2, 0.25) is 0 Å². The van der Waals surface area contributed by atoms with Crippen molar-refractivity contribution in [3.8, 4) is 0 Å². The highest BCUT2D eigenvalue weighted by Gasteiger charge is 2.35. The molecule has 0 spiro atoms. The first-order valence-corrected chi connectivity index (χ1v) is 6.63. The number of esters is 1. The van der Waals surface area contributed by atoms with Gasteiger partial charge in [0.05, 0.1) is 18.1 Å². The van der Waals surface area contributed by atoms with Gasteiger partial charge >= 0.3 is 11.9 Å². The Morgan fingerprint density at radius 1 is 1.45 bits per heavy atom. The van der Waals surface area contributed by atoms with Gasteiger partial charge in [-0.05, 0) is 25.0 Å². The van der Waals surface area contributed by atoms with E-state index < -0.39 is 11.9 Å². The van der Waals surface area contributed by atoms with Crippen LogP contribution >= 0.6 is 0 Å². The molecular weight excluding hydrogens is 260 g/mol. The van der Waals surface area contributed by atoms with Gasteiger partial charge in [0.25, 0.3) is 0 Å². The highest BCUT2D eigenvalue weighted by molar-refractivity contribution is 5.89. The van der Waals surface area contributed by atoms with Crippen LogP contribution in [0.1, 0.15) is 24.2 Å². The number of pyridine rings is 1. The molecule has 0 aromatic carbocycles. The number of carboxylic acid groups (broad SMARTS) is 1. The zero-order valence-electron chi connectivity index (χ0n) is 11.6. The van der Waals surface area contributed by atoms with Crippen LogP contribution in [0.25, 0.3) is 0 Å². The lowest BCUT2D eigenvalue weighted by Gasteiger charge is -2.16. The average molecular weight is 278 g/mol. The molecule has 0 radical (unpaired) electrons. The fourth-order valence-electron chi connectivity index (χ4n) is 2.38. The maximum Gasteiger partial charge on any atom is 0.339 e. The van der Waals surface area contributed by atoms with Gasteiger partial charge in [0, 0.05) is 19.3 Å². The van der Waals surface area contributed by atoms with Crippen molar-refractivity contribution >= 4 is 17.8 Å². The number of ether oxygens (including phenoxy) is 1. The Kier molecular flexibility index (Phi) is 4.22. The third kappa shape index (κ3) is 2.89. The number of anilines is 1. The van der Waals surface area contributed by atoms with Gasteiger partial charge < -0.3 is 14.7 Å². The molecule has 0 bridgehead atoms. The minimum Gasteiger partial charge on any atom is -0.481 e. The van der Waals surface area contributed by atoms with Gasteiger partial charge in [-0.1, -0.05) is 6.92 Å². The summed E-state index contributed by atoms with van der Waals surface area (Å²) in [6.45, 7) is 5.10. The van der Waals surface area contributed by atoms with Crippen molar-refractivity contribution in [1.82, 2.24) is 4.98 Å². The minimum atomic E-state index is -0.775. The average Bonchev–Trinajstić information content (AvgIpc) is 2.81. The fourth-order valence-corrected chi connectivity index (χ4v) is 2.38. The second kappa shape index (κ2) is 5.90. The first-order valence-electron chi connectivity index (χ1n) is 6.63. The number of nitrogens with zero attached hydrogens (tertiary/aromatic N) is 2. The van der Waals surface area contributed by atoms with E-state index in [1.807, 2.05) is 11.8 Å². The molecule has 20 heavy (non-hydrogen) atoms. The third-order valence-corrected chi connectivity index (χ3v) is 3.51. The van der Waals surface area contributed by atoms with E-state index in [9.17, 15) is 9.59 Å². The van der Waals surface area contributed by atoms with Gasteiger partial charge in [0.15, 0.2) is 0 Å². The predicted molar refractivity (Wildman–Crippen MR) is 72.7 cm³/mol. The van der Waals surface area contributed by atoms with Gasteiger partial charge in [-0.3, -0.25) is 4.79 Å². The molecule has 2 atom stereocenters. The molecule has 108 valence electrons. The maximum absolute atomic E-state index is 11.5. The van der Waals surface area contributed by atoms with Crippen LogP contribution in [0.5, 0.6) is 0 Å². The second-order valence-corrected chi connectivity index (χ2v) is 4.95. The molecule has 6 nitrogen and oxygen atoms in total. The topological polar surface area (TPSA) is 79.7 Å². The number of hydrogen-bond acceptors (Lipinski definition) is 5. The zero-order valence-corrected chi connectivity index (χ0v) is 11.6. The molecule has 1 aromatic heterocycles. The molecule has 6 heteroatoms. The van der Waals surface area contributed by atoms with E-state index in [-0.39, 0.29) is 11.8 Å². The molecule has 0 saturated carbocycles. The van der Waals surface area contributed by atoms with E-state index in [1.54, 1.807) is 19.1 Å². The van der Waals surface area contributed by atoms with Crippen molar-refractivity contribution in [2.45, 2.75) is 13.8 Å². The molecular formula is C14H18N2O4. The largest absolute Gasteiger partial charge is 0.481 e. The Labute approximate surface area is 117 Å². The first-order chi connectivity index (χ1) is 9.52. The molecule has 1 saturated heterocycles. The van der Waals surface area contributed by atoms with Crippen molar-refractivity contribution in [3.05, 3.63) is 23.9 Å². The standard InChI is InChI=1S/C14H18N2O4/c1-3-20-14(19)10-4-5-12(15-6-10)16-7-9(2)11(8-16)13(17)18/h4-6,9,11H,3,7-8H2,1-2H3,(H,17,18)/t9-,11-/m1/s1. The second-order valence-electron chi connectivity index (χ2n) is 4.95. The summed E-state index contributed by atoms with van der Waals surface area (Å²) >= 11 is 0. The monoisotopic (exact) mass is 278 g/mol. The Morgan fingerprint density at radius 2 is 2.20 bits per heavy atom. The predicted octanol–water partition coefficient (Wildman–Crippen LogP) is 1.42. The quantitative estimate of drug-likeness (QED) is 0.839. The fraction of sp³-hybridized carbons (Fsp3) is 0.500. The number of aliphatic carboxylic acids is 1. The SMILES string of the molecule is CCOC(=O)c1ccc(N2C[C@@H](C)[C@H](C(=O)O)C2)nc1. The molecule has 0 unspecified atom stereocenters. The summed E-state index contributed by atoms with van der Waals surface area (Å²) in [6.07, 6.45) is 1.46. The summed E-state index contributed by atoms with van der Waals surface area (Å²) < 4.78 is 4.89. The van der Waals surface area contributed by atoms with Gasteiger partial charge in [0.1, 0.15) is 5.82 Å². The van der Waals surface area contributed by atoms with Crippen molar-refractivity contribution in [2.24, 2.45) is 11.8 Å². The number of rotatable bonds is 4. The molecule has 2 rings (SSSR count). The Bertz CT molecular complexity index is 500. The van der Waals surface area contributed by atoms with Crippen LogP contribution in [0, 0.1) is 11.8 Å². The van der Waals surface area contributed by atoms with E-state index in [0.29, 0.717) is 31.1 Å². The molecule has 0 amide bonds. The van der Waals surface area contributed by atoms with Crippen LogP contribution < -0.4 is 4.90 Å². The van der Waals surface area contributed by atoms with Crippen molar-refractivity contribution in [2.75, 3.05) is 24.6 Å². The van der Waals surface area contributed by atoms with Crippen LogP contribution in [0.3, 0.4) is 0 Å². The van der Waals surface area contributed by atoms with Gasteiger partial charge in [-0.15, -0.1) is 0 Å². The van der Waals surface area contributed by atoms with Crippen molar-refractivity contribution in [3.63, 3.8) is 0 Å². The smallest absolute Gasteiger partial charge is 0.339 e. The van der Waals surface area contributed by atoms with E-state index in [2.05, 4.69) is 4.98 Å². The number of hydrogen-bond donors (Lipinski definition) is 1. The third-order valence-electron chi connectivity index (χ3n) is 3.51. The van der Waals surface area contributed by atoms with Crippen molar-refractivity contribution in [1.29, 1.82) is 0 Å². The van der Waals surface area contributed by atoms with Crippen LogP contribution in [0.2, 0.25) is 0 Å². The number of carbonyl (C=O) groups is 2.